The summed E-state index contributed by atoms with van der Waals surface area (Å²) in [5.74, 6) is -0.0596. The number of hydrogen-bond donors (Lipinski definition) is 1. The molecule has 1 amide bonds. The van der Waals surface area contributed by atoms with Crippen molar-refractivity contribution in [3.05, 3.63) is 40.2 Å². The maximum atomic E-state index is 12.3. The van der Waals surface area contributed by atoms with Gasteiger partial charge in [-0.25, -0.2) is 13.4 Å². The summed E-state index contributed by atoms with van der Waals surface area (Å²) in [6, 6.07) is 6.94. The van der Waals surface area contributed by atoms with Gasteiger partial charge in [-0.05, 0) is 25.5 Å². The number of benzene rings is 1. The van der Waals surface area contributed by atoms with Gasteiger partial charge >= 0.3 is 0 Å². The Morgan fingerprint density at radius 3 is 2.86 bits per heavy atom. The van der Waals surface area contributed by atoms with Crippen LogP contribution in [0, 0.1) is 6.92 Å². The van der Waals surface area contributed by atoms with Crippen molar-refractivity contribution in [1.29, 1.82) is 0 Å². The van der Waals surface area contributed by atoms with E-state index in [1.54, 1.807) is 23.5 Å². The highest BCUT2D eigenvalue weighted by Gasteiger charge is 2.29. The lowest BCUT2D eigenvalue weighted by Gasteiger charge is -2.11. The highest BCUT2D eigenvalue weighted by molar-refractivity contribution is 7.91. The summed E-state index contributed by atoms with van der Waals surface area (Å²) in [5.41, 5.74) is 2.25. The number of amides is 1. The van der Waals surface area contributed by atoms with Crippen LogP contribution in [0.25, 0.3) is 11.3 Å². The molecule has 1 aromatic heterocycles. The van der Waals surface area contributed by atoms with Crippen molar-refractivity contribution >= 4 is 27.1 Å². The minimum absolute atomic E-state index is 0.0315. The minimum Gasteiger partial charge on any atom is -0.348 e. The van der Waals surface area contributed by atoms with Crippen LogP contribution in [0.4, 0.5) is 0 Å². The molecule has 1 N–H and O–H groups in total. The van der Waals surface area contributed by atoms with E-state index in [2.05, 4.69) is 10.3 Å². The molecule has 1 aromatic carbocycles. The average molecular weight is 336 g/mol. The van der Waals surface area contributed by atoms with Gasteiger partial charge in [-0.15, -0.1) is 11.3 Å². The first-order chi connectivity index (χ1) is 10.4. The fraction of sp³-hybridized carbons (Fsp3) is 0.333. The van der Waals surface area contributed by atoms with Crippen LogP contribution in [0.1, 0.15) is 21.8 Å². The number of nitrogens with one attached hydrogen (secondary N) is 1. The fourth-order valence-corrected chi connectivity index (χ4v) is 4.79. The zero-order valence-electron chi connectivity index (χ0n) is 12.1. The second-order valence-electron chi connectivity index (χ2n) is 5.41. The van der Waals surface area contributed by atoms with Gasteiger partial charge in [-0.1, -0.05) is 12.1 Å². The SMILES string of the molecule is Cc1nc(-c2cccc(C(=O)NC3CCS(=O)(=O)C3)c2)cs1. The standard InChI is InChI=1S/C15H16N2O3S2/c1-10-16-14(8-21-10)11-3-2-4-12(7-11)15(18)17-13-5-6-22(19,20)9-13/h2-4,7-8,13H,5-6,9H2,1H3,(H,17,18). The molecular formula is C15H16N2O3S2. The summed E-state index contributed by atoms with van der Waals surface area (Å²) < 4.78 is 22.9. The number of nitrogens with zero attached hydrogens (tertiary/aromatic N) is 1. The quantitative estimate of drug-likeness (QED) is 0.930. The van der Waals surface area contributed by atoms with Crippen molar-refractivity contribution in [3.8, 4) is 11.3 Å². The Labute approximate surface area is 133 Å². The molecule has 3 rings (SSSR count). The first kappa shape index (κ1) is 15.2. The van der Waals surface area contributed by atoms with Gasteiger partial charge in [0.2, 0.25) is 0 Å². The molecular weight excluding hydrogens is 320 g/mol. The smallest absolute Gasteiger partial charge is 0.251 e. The molecule has 1 atom stereocenters. The number of carbonyl (C=O) groups excluding carboxylic acids is 1. The van der Waals surface area contributed by atoms with E-state index in [1.807, 2.05) is 24.4 Å². The van der Waals surface area contributed by atoms with E-state index in [0.717, 1.165) is 16.3 Å². The lowest BCUT2D eigenvalue weighted by atomic mass is 10.1. The Balaban J connectivity index is 1.76. The molecule has 1 aliphatic heterocycles. The molecule has 1 saturated heterocycles. The molecule has 1 fully saturated rings. The third-order valence-corrected chi connectivity index (χ3v) is 6.15. The Morgan fingerprint density at radius 1 is 1.41 bits per heavy atom. The van der Waals surface area contributed by atoms with Gasteiger partial charge in [0.05, 0.1) is 22.2 Å². The van der Waals surface area contributed by atoms with E-state index in [0.29, 0.717) is 12.0 Å². The van der Waals surface area contributed by atoms with Crippen LogP contribution >= 0.6 is 11.3 Å². The third-order valence-electron chi connectivity index (χ3n) is 3.61. The first-order valence-electron chi connectivity index (χ1n) is 6.97. The van der Waals surface area contributed by atoms with Crippen molar-refractivity contribution < 1.29 is 13.2 Å². The van der Waals surface area contributed by atoms with Crippen molar-refractivity contribution in [3.63, 3.8) is 0 Å². The zero-order valence-corrected chi connectivity index (χ0v) is 13.7. The van der Waals surface area contributed by atoms with Crippen LogP contribution in [0.2, 0.25) is 0 Å². The average Bonchev–Trinajstić information content (AvgIpc) is 3.05. The largest absolute Gasteiger partial charge is 0.348 e. The molecule has 5 nitrogen and oxygen atoms in total. The number of rotatable bonds is 3. The molecule has 2 heterocycles. The molecule has 2 aromatic rings. The molecule has 0 saturated carbocycles. The van der Waals surface area contributed by atoms with Gasteiger partial charge in [0.25, 0.3) is 5.91 Å². The van der Waals surface area contributed by atoms with E-state index < -0.39 is 9.84 Å². The van der Waals surface area contributed by atoms with Crippen molar-refractivity contribution in [1.82, 2.24) is 10.3 Å². The predicted molar refractivity (Wildman–Crippen MR) is 86.8 cm³/mol. The van der Waals surface area contributed by atoms with E-state index >= 15 is 0 Å². The van der Waals surface area contributed by atoms with Gasteiger partial charge < -0.3 is 5.32 Å². The van der Waals surface area contributed by atoms with Crippen LogP contribution in [0.3, 0.4) is 0 Å². The molecule has 22 heavy (non-hydrogen) atoms. The molecule has 0 bridgehead atoms. The van der Waals surface area contributed by atoms with Crippen LogP contribution in [-0.4, -0.2) is 36.9 Å². The molecule has 0 aliphatic carbocycles. The molecule has 1 aliphatic rings. The normalized spacial score (nSPS) is 20.0. The number of thiazole rings is 1. The Hall–Kier alpha value is -1.73. The highest BCUT2D eigenvalue weighted by atomic mass is 32.2. The summed E-state index contributed by atoms with van der Waals surface area (Å²) in [6.07, 6.45) is 0.485. The Bertz CT molecular complexity index is 812. The molecule has 7 heteroatoms. The first-order valence-corrected chi connectivity index (χ1v) is 9.67. The van der Waals surface area contributed by atoms with Crippen molar-refractivity contribution in [2.75, 3.05) is 11.5 Å². The summed E-state index contributed by atoms with van der Waals surface area (Å²) in [5, 5.41) is 5.73. The molecule has 0 spiro atoms. The minimum atomic E-state index is -3.00. The van der Waals surface area contributed by atoms with Crippen molar-refractivity contribution in [2.45, 2.75) is 19.4 Å². The topological polar surface area (TPSA) is 76.1 Å². The number of hydrogen-bond acceptors (Lipinski definition) is 5. The van der Waals surface area contributed by atoms with E-state index in [-0.39, 0.29) is 23.5 Å². The maximum Gasteiger partial charge on any atom is 0.251 e. The second-order valence-corrected chi connectivity index (χ2v) is 8.70. The van der Waals surface area contributed by atoms with Gasteiger partial charge in [0, 0.05) is 22.5 Å². The number of sulfone groups is 1. The molecule has 116 valence electrons. The number of aryl methyl sites for hydroxylation is 1. The lowest BCUT2D eigenvalue weighted by molar-refractivity contribution is 0.0941. The lowest BCUT2D eigenvalue weighted by Crippen LogP contribution is -2.35. The molecule has 0 radical (unpaired) electrons. The molecule has 1 unspecified atom stereocenters. The fourth-order valence-electron chi connectivity index (χ4n) is 2.49. The van der Waals surface area contributed by atoms with Gasteiger partial charge in [-0.3, -0.25) is 4.79 Å². The van der Waals surface area contributed by atoms with Crippen LogP contribution in [-0.2, 0) is 9.84 Å². The summed E-state index contributed by atoms with van der Waals surface area (Å²) in [6.45, 7) is 1.94. The Morgan fingerprint density at radius 2 is 2.23 bits per heavy atom. The van der Waals surface area contributed by atoms with Crippen LogP contribution in [0.5, 0.6) is 0 Å². The van der Waals surface area contributed by atoms with Crippen LogP contribution < -0.4 is 5.32 Å². The van der Waals surface area contributed by atoms with Crippen molar-refractivity contribution in [2.24, 2.45) is 0 Å². The second kappa shape index (κ2) is 5.81. The maximum absolute atomic E-state index is 12.3. The predicted octanol–water partition coefficient (Wildman–Crippen LogP) is 2.04. The number of aromatic nitrogens is 1. The van der Waals surface area contributed by atoms with Crippen LogP contribution in [0.15, 0.2) is 29.6 Å². The summed E-state index contributed by atoms with van der Waals surface area (Å²) >= 11 is 1.56. The van der Waals surface area contributed by atoms with E-state index in [4.69, 9.17) is 0 Å². The zero-order chi connectivity index (χ0) is 15.7. The monoisotopic (exact) mass is 336 g/mol. The Kier molecular flexibility index (Phi) is 4.01. The van der Waals surface area contributed by atoms with E-state index in [9.17, 15) is 13.2 Å². The third kappa shape index (κ3) is 3.36. The highest BCUT2D eigenvalue weighted by Crippen LogP contribution is 2.22. The van der Waals surface area contributed by atoms with Gasteiger partial charge in [0.15, 0.2) is 9.84 Å². The van der Waals surface area contributed by atoms with Gasteiger partial charge in [0.1, 0.15) is 0 Å². The number of carbonyl (C=O) groups is 1. The van der Waals surface area contributed by atoms with Gasteiger partial charge in [-0.2, -0.15) is 0 Å². The summed E-state index contributed by atoms with van der Waals surface area (Å²) in [7, 11) is -3.00. The summed E-state index contributed by atoms with van der Waals surface area (Å²) in [4.78, 5) is 16.7. The van der Waals surface area contributed by atoms with E-state index in [1.165, 1.54) is 0 Å².